The van der Waals surface area contributed by atoms with Gasteiger partial charge in [0.2, 0.25) is 5.91 Å². The molecule has 1 amide bonds. The van der Waals surface area contributed by atoms with Crippen molar-refractivity contribution < 1.29 is 19.4 Å². The SMILES string of the molecule is C=C/C(C)=C(/C)C(=C)OCCCC(=O)N1CCCc2c(-c3cn(Cc4cccc(C(=O)O)c4)cn3)cccc21. The van der Waals surface area contributed by atoms with Crippen LogP contribution in [0.5, 0.6) is 0 Å². The minimum Gasteiger partial charge on any atom is -0.494 e. The van der Waals surface area contributed by atoms with Gasteiger partial charge in [-0.3, -0.25) is 4.79 Å². The van der Waals surface area contributed by atoms with Gasteiger partial charge in [-0.1, -0.05) is 43.5 Å². The van der Waals surface area contributed by atoms with Gasteiger partial charge >= 0.3 is 5.97 Å². The van der Waals surface area contributed by atoms with Gasteiger partial charge in [0.1, 0.15) is 5.76 Å². The summed E-state index contributed by atoms with van der Waals surface area (Å²) in [6.45, 7) is 13.3. The Morgan fingerprint density at radius 3 is 2.74 bits per heavy atom. The number of anilines is 1. The first-order chi connectivity index (χ1) is 18.8. The summed E-state index contributed by atoms with van der Waals surface area (Å²) in [7, 11) is 0. The van der Waals surface area contributed by atoms with Crippen molar-refractivity contribution in [1.29, 1.82) is 0 Å². The third kappa shape index (κ3) is 6.55. The molecule has 39 heavy (non-hydrogen) atoms. The van der Waals surface area contributed by atoms with Crippen molar-refractivity contribution in [1.82, 2.24) is 9.55 Å². The molecule has 0 atom stereocenters. The van der Waals surface area contributed by atoms with Crippen molar-refractivity contribution in [3.05, 3.63) is 108 Å². The van der Waals surface area contributed by atoms with Crippen molar-refractivity contribution in [3.63, 3.8) is 0 Å². The van der Waals surface area contributed by atoms with Crippen LogP contribution >= 0.6 is 0 Å². The van der Waals surface area contributed by atoms with E-state index in [-0.39, 0.29) is 11.5 Å². The van der Waals surface area contributed by atoms with Crippen molar-refractivity contribution in [2.45, 2.75) is 46.1 Å². The normalized spacial score (nSPS) is 13.3. The van der Waals surface area contributed by atoms with E-state index < -0.39 is 5.97 Å². The fraction of sp³-hybridized carbons (Fsp3) is 0.281. The molecule has 2 aromatic carbocycles. The summed E-state index contributed by atoms with van der Waals surface area (Å²) in [5, 5.41) is 9.27. The first-order valence-electron chi connectivity index (χ1n) is 13.2. The largest absolute Gasteiger partial charge is 0.494 e. The predicted octanol–water partition coefficient (Wildman–Crippen LogP) is 6.41. The van der Waals surface area contributed by atoms with E-state index in [0.29, 0.717) is 38.3 Å². The minimum absolute atomic E-state index is 0.0840. The number of allylic oxidation sites excluding steroid dienone is 3. The van der Waals surface area contributed by atoms with Crippen molar-refractivity contribution in [3.8, 4) is 11.3 Å². The van der Waals surface area contributed by atoms with Gasteiger partial charge in [0, 0.05) is 37.0 Å². The molecule has 0 radical (unpaired) electrons. The third-order valence-corrected chi connectivity index (χ3v) is 7.13. The zero-order chi connectivity index (χ0) is 27.9. The Labute approximate surface area is 229 Å². The Hall–Kier alpha value is -4.39. The number of amides is 1. The van der Waals surface area contributed by atoms with Crippen LogP contribution < -0.4 is 4.90 Å². The predicted molar refractivity (Wildman–Crippen MR) is 154 cm³/mol. The number of imidazole rings is 1. The summed E-state index contributed by atoms with van der Waals surface area (Å²) in [4.78, 5) is 31.0. The average Bonchev–Trinajstić information content (AvgIpc) is 3.41. The van der Waals surface area contributed by atoms with E-state index in [2.05, 4.69) is 18.1 Å². The Balaban J connectivity index is 1.43. The monoisotopic (exact) mass is 525 g/mol. The lowest BCUT2D eigenvalue weighted by Gasteiger charge is -2.31. The number of ether oxygens (including phenoxy) is 1. The van der Waals surface area contributed by atoms with Crippen LogP contribution in [-0.4, -0.2) is 39.7 Å². The number of rotatable bonds is 11. The van der Waals surface area contributed by atoms with Gasteiger partial charge in [0.15, 0.2) is 0 Å². The van der Waals surface area contributed by atoms with E-state index in [4.69, 9.17) is 4.74 Å². The molecule has 0 bridgehead atoms. The van der Waals surface area contributed by atoms with Crippen molar-refractivity contribution in [2.24, 2.45) is 0 Å². The summed E-state index contributed by atoms with van der Waals surface area (Å²) in [5.41, 5.74) is 7.06. The average molecular weight is 526 g/mol. The van der Waals surface area contributed by atoms with E-state index in [0.717, 1.165) is 52.1 Å². The van der Waals surface area contributed by atoms with Crippen LogP contribution in [0.3, 0.4) is 0 Å². The van der Waals surface area contributed by atoms with Gasteiger partial charge < -0.3 is 19.3 Å². The van der Waals surface area contributed by atoms with Gasteiger partial charge in [-0.15, -0.1) is 0 Å². The molecule has 0 spiro atoms. The van der Waals surface area contributed by atoms with E-state index in [1.807, 2.05) is 53.8 Å². The maximum atomic E-state index is 13.2. The number of carbonyl (C=O) groups excluding carboxylic acids is 1. The van der Waals surface area contributed by atoms with Crippen LogP contribution in [-0.2, 0) is 22.5 Å². The first kappa shape index (κ1) is 27.6. The van der Waals surface area contributed by atoms with E-state index >= 15 is 0 Å². The molecule has 0 saturated carbocycles. The summed E-state index contributed by atoms with van der Waals surface area (Å²) in [5.74, 6) is -0.246. The van der Waals surface area contributed by atoms with Gasteiger partial charge in [0.25, 0.3) is 0 Å². The number of fused-ring (bicyclic) bond motifs is 1. The lowest BCUT2D eigenvalue weighted by molar-refractivity contribution is -0.119. The van der Waals surface area contributed by atoms with Crippen LogP contribution in [0.4, 0.5) is 5.69 Å². The molecular weight excluding hydrogens is 490 g/mol. The lowest BCUT2D eigenvalue weighted by Crippen LogP contribution is -2.35. The van der Waals surface area contributed by atoms with Gasteiger partial charge in [-0.25, -0.2) is 9.78 Å². The molecule has 0 aliphatic carbocycles. The molecule has 1 aromatic heterocycles. The standard InChI is InChI=1S/C32H35N3O4/c1-5-22(2)23(3)24(4)39-17-9-15-31(36)35-16-8-13-28-27(12-7-14-30(28)35)29-20-34(21-33-29)19-25-10-6-11-26(18-25)32(37)38/h5-7,10-12,14,18,20-21H,1,4,8-9,13,15-17,19H2,2-3H3,(H,37,38)/b23-22-. The molecule has 0 saturated heterocycles. The van der Waals surface area contributed by atoms with Crippen LogP contribution in [0.1, 0.15) is 54.6 Å². The molecule has 4 rings (SSSR count). The second kappa shape index (κ2) is 12.4. The number of carboxylic acid groups (broad SMARTS) is 1. The number of carboxylic acids is 1. The summed E-state index contributed by atoms with van der Waals surface area (Å²) < 4.78 is 7.71. The zero-order valence-corrected chi connectivity index (χ0v) is 22.7. The molecule has 7 nitrogen and oxygen atoms in total. The number of benzene rings is 2. The Bertz CT molecular complexity index is 1430. The fourth-order valence-electron chi connectivity index (χ4n) is 4.76. The molecule has 0 unspecified atom stereocenters. The Kier molecular flexibility index (Phi) is 8.81. The molecule has 2 heterocycles. The van der Waals surface area contributed by atoms with Crippen LogP contribution in [0.2, 0.25) is 0 Å². The molecule has 1 aliphatic heterocycles. The van der Waals surface area contributed by atoms with E-state index in [9.17, 15) is 14.7 Å². The van der Waals surface area contributed by atoms with E-state index in [1.165, 1.54) is 0 Å². The number of aromatic carboxylic acids is 1. The van der Waals surface area contributed by atoms with Crippen LogP contribution in [0.25, 0.3) is 11.3 Å². The molecular formula is C32H35N3O4. The molecule has 202 valence electrons. The summed E-state index contributed by atoms with van der Waals surface area (Å²) in [6, 6.07) is 12.9. The number of carbonyl (C=O) groups is 2. The maximum absolute atomic E-state index is 13.2. The topological polar surface area (TPSA) is 84.7 Å². The quantitative estimate of drug-likeness (QED) is 0.178. The zero-order valence-electron chi connectivity index (χ0n) is 22.7. The van der Waals surface area contributed by atoms with Crippen LogP contribution in [0.15, 0.2) is 91.1 Å². The summed E-state index contributed by atoms with van der Waals surface area (Å²) >= 11 is 0. The molecule has 0 fully saturated rings. The van der Waals surface area contributed by atoms with Gasteiger partial charge in [-0.2, -0.15) is 0 Å². The van der Waals surface area contributed by atoms with Crippen molar-refractivity contribution in [2.75, 3.05) is 18.1 Å². The molecule has 1 aliphatic rings. The summed E-state index contributed by atoms with van der Waals surface area (Å²) in [6.07, 6.45) is 8.27. The van der Waals surface area contributed by atoms with Gasteiger partial charge in [-0.05, 0) is 73.6 Å². The highest BCUT2D eigenvalue weighted by Gasteiger charge is 2.25. The van der Waals surface area contributed by atoms with E-state index in [1.54, 1.807) is 30.6 Å². The maximum Gasteiger partial charge on any atom is 0.335 e. The Morgan fingerprint density at radius 1 is 1.18 bits per heavy atom. The second-order valence-electron chi connectivity index (χ2n) is 9.78. The van der Waals surface area contributed by atoms with Gasteiger partial charge in [0.05, 0.1) is 24.2 Å². The van der Waals surface area contributed by atoms with Crippen LogP contribution in [0, 0.1) is 0 Å². The first-order valence-corrected chi connectivity index (χ1v) is 13.2. The molecule has 3 aromatic rings. The number of aromatic nitrogens is 2. The molecule has 1 N–H and O–H groups in total. The third-order valence-electron chi connectivity index (χ3n) is 7.13. The highest BCUT2D eigenvalue weighted by molar-refractivity contribution is 5.95. The minimum atomic E-state index is -0.943. The lowest BCUT2D eigenvalue weighted by atomic mass is 9.94. The smallest absolute Gasteiger partial charge is 0.335 e. The second-order valence-corrected chi connectivity index (χ2v) is 9.78. The molecule has 7 heteroatoms. The highest BCUT2D eigenvalue weighted by Crippen LogP contribution is 2.35. The van der Waals surface area contributed by atoms with Crippen molar-refractivity contribution >= 4 is 17.6 Å². The highest BCUT2D eigenvalue weighted by atomic mass is 16.5. The number of nitrogens with zero attached hydrogens (tertiary/aromatic N) is 3. The Morgan fingerprint density at radius 2 is 1.97 bits per heavy atom. The number of hydrogen-bond acceptors (Lipinski definition) is 4. The fourth-order valence-corrected chi connectivity index (χ4v) is 4.76. The number of hydrogen-bond donors (Lipinski definition) is 1.